The van der Waals surface area contributed by atoms with E-state index in [1.807, 2.05) is 49.4 Å². The van der Waals surface area contributed by atoms with E-state index < -0.39 is 5.97 Å². The molecule has 5 aromatic carbocycles. The van der Waals surface area contributed by atoms with E-state index in [0.717, 1.165) is 56.0 Å². The van der Waals surface area contributed by atoms with Gasteiger partial charge in [0.25, 0.3) is 0 Å². The van der Waals surface area contributed by atoms with Gasteiger partial charge in [0.05, 0.1) is 0 Å². The van der Waals surface area contributed by atoms with Crippen LogP contribution in [-0.4, -0.2) is 23.4 Å². The number of benzene rings is 5. The second-order valence-corrected chi connectivity index (χ2v) is 13.5. The molecule has 8 heteroatoms. The molecule has 0 aliphatic heterocycles. The van der Waals surface area contributed by atoms with Gasteiger partial charge >= 0.3 is 5.97 Å². The van der Waals surface area contributed by atoms with Crippen LogP contribution in [-0.2, 0) is 4.79 Å². The predicted molar refractivity (Wildman–Crippen MR) is 195 cm³/mol. The number of carbonyl (C=O) groups is 1. The van der Waals surface area contributed by atoms with Crippen LogP contribution in [0.25, 0.3) is 27.8 Å². The molecule has 1 N–H and O–H groups in total. The number of aryl methyl sites for hydroxylation is 1. The lowest BCUT2D eigenvalue weighted by molar-refractivity contribution is -0.139. The lowest BCUT2D eigenvalue weighted by atomic mass is 9.90. The zero-order valence-electron chi connectivity index (χ0n) is 25.1. The van der Waals surface area contributed by atoms with Crippen molar-refractivity contribution < 1.29 is 14.6 Å². The highest BCUT2D eigenvalue weighted by atomic mass is 35.5. The highest BCUT2D eigenvalue weighted by Crippen LogP contribution is 2.36. The maximum Gasteiger partial charge on any atom is 0.341 e. The Morgan fingerprint density at radius 3 is 1.57 bits per heavy atom. The standard InChI is InChI=1S/C38H30Cl4O3S/c1-3-24(22-46-35-12-13-36(23(2)14-35)45-21-37(43)44)38(27-8-4-25(5-9-27)29-15-31(39)19-32(40)16-29)28-10-6-26(7-11-28)30-17-33(41)20-34(42)18-30/h4-20H,3,21-22H2,1-2H3,(H,43,44). The van der Waals surface area contributed by atoms with Crippen molar-refractivity contribution in [3.63, 3.8) is 0 Å². The summed E-state index contributed by atoms with van der Waals surface area (Å²) in [6, 6.07) is 33.9. The molecular weight excluding hydrogens is 678 g/mol. The molecule has 0 bridgehead atoms. The number of rotatable bonds is 11. The van der Waals surface area contributed by atoms with E-state index >= 15 is 0 Å². The molecule has 0 atom stereocenters. The van der Waals surface area contributed by atoms with Gasteiger partial charge in [-0.05, 0) is 112 Å². The molecular formula is C38H30Cl4O3S. The monoisotopic (exact) mass is 706 g/mol. The Labute approximate surface area is 293 Å². The zero-order chi connectivity index (χ0) is 32.8. The fourth-order valence-corrected chi connectivity index (χ4v) is 7.37. The van der Waals surface area contributed by atoms with Crippen LogP contribution < -0.4 is 4.74 Å². The average molecular weight is 709 g/mol. The number of hydrogen-bond donors (Lipinski definition) is 1. The number of carboxylic acids is 1. The molecule has 0 spiro atoms. The van der Waals surface area contributed by atoms with Crippen molar-refractivity contribution in [2.45, 2.75) is 25.2 Å². The first-order valence-corrected chi connectivity index (χ1v) is 17.0. The fraction of sp³-hybridized carbons (Fsp3) is 0.132. The molecule has 0 heterocycles. The Hall–Kier alpha value is -3.38. The molecule has 0 fully saturated rings. The molecule has 5 aromatic rings. The molecule has 0 saturated heterocycles. The van der Waals surface area contributed by atoms with Gasteiger partial charge in [-0.2, -0.15) is 0 Å². The first-order chi connectivity index (χ1) is 22.1. The van der Waals surface area contributed by atoms with Crippen molar-refractivity contribution in [1.82, 2.24) is 0 Å². The molecule has 0 unspecified atom stereocenters. The lowest BCUT2D eigenvalue weighted by Gasteiger charge is -2.17. The maximum atomic E-state index is 10.9. The second kappa shape index (κ2) is 15.5. The van der Waals surface area contributed by atoms with Gasteiger partial charge in [0.2, 0.25) is 0 Å². The largest absolute Gasteiger partial charge is 0.482 e. The third-order valence-electron chi connectivity index (χ3n) is 7.43. The van der Waals surface area contributed by atoms with Gasteiger partial charge in [0.1, 0.15) is 5.75 Å². The van der Waals surface area contributed by atoms with Crippen LogP contribution in [0.3, 0.4) is 0 Å². The van der Waals surface area contributed by atoms with Crippen LogP contribution in [0, 0.1) is 6.92 Å². The van der Waals surface area contributed by atoms with Crippen LogP contribution in [0.4, 0.5) is 0 Å². The highest BCUT2D eigenvalue weighted by molar-refractivity contribution is 7.99. The van der Waals surface area contributed by atoms with Crippen LogP contribution >= 0.6 is 58.2 Å². The lowest BCUT2D eigenvalue weighted by Crippen LogP contribution is -2.10. The highest BCUT2D eigenvalue weighted by Gasteiger charge is 2.14. The minimum atomic E-state index is -1.00. The third kappa shape index (κ3) is 8.70. The van der Waals surface area contributed by atoms with Crippen LogP contribution in [0.15, 0.2) is 114 Å². The van der Waals surface area contributed by atoms with Crippen molar-refractivity contribution in [2.75, 3.05) is 12.4 Å². The van der Waals surface area contributed by atoms with E-state index in [4.69, 9.17) is 56.2 Å². The predicted octanol–water partition coefficient (Wildman–Crippen LogP) is 12.4. The summed E-state index contributed by atoms with van der Waals surface area (Å²) >= 11 is 26.9. The number of thioether (sulfide) groups is 1. The summed E-state index contributed by atoms with van der Waals surface area (Å²) in [5.74, 6) is 0.329. The SMILES string of the molecule is CCC(CSc1ccc(OCC(=O)O)c(C)c1)=C(c1ccc(-c2cc(Cl)cc(Cl)c2)cc1)c1ccc(-c2cc(Cl)cc(Cl)c2)cc1. The normalized spacial score (nSPS) is 10.9. The first kappa shape index (κ1) is 34.0. The minimum absolute atomic E-state index is 0.369. The van der Waals surface area contributed by atoms with E-state index in [0.29, 0.717) is 25.8 Å². The summed E-state index contributed by atoms with van der Waals surface area (Å²) < 4.78 is 5.42. The molecule has 5 rings (SSSR count). The number of ether oxygens (including phenoxy) is 1. The number of hydrogen-bond acceptors (Lipinski definition) is 3. The van der Waals surface area contributed by atoms with Gasteiger partial charge in [-0.25, -0.2) is 4.79 Å². The Balaban J connectivity index is 1.51. The van der Waals surface area contributed by atoms with Crippen molar-refractivity contribution in [1.29, 1.82) is 0 Å². The number of halogens is 4. The summed E-state index contributed by atoms with van der Waals surface area (Å²) in [4.78, 5) is 12.0. The van der Waals surface area contributed by atoms with E-state index in [2.05, 4.69) is 55.5 Å². The average Bonchev–Trinajstić information content (AvgIpc) is 3.02. The summed E-state index contributed by atoms with van der Waals surface area (Å²) in [7, 11) is 0. The van der Waals surface area contributed by atoms with E-state index in [1.54, 1.807) is 23.9 Å². The Bertz CT molecular complexity index is 1760. The van der Waals surface area contributed by atoms with E-state index in [1.165, 1.54) is 11.1 Å². The van der Waals surface area contributed by atoms with Gasteiger partial charge in [-0.1, -0.05) is 107 Å². The maximum absolute atomic E-state index is 10.9. The molecule has 46 heavy (non-hydrogen) atoms. The topological polar surface area (TPSA) is 46.5 Å². The molecule has 0 aliphatic rings. The fourth-order valence-electron chi connectivity index (χ4n) is 5.21. The smallest absolute Gasteiger partial charge is 0.341 e. The Morgan fingerprint density at radius 2 is 1.15 bits per heavy atom. The summed E-state index contributed by atoms with van der Waals surface area (Å²) in [5, 5.41) is 11.3. The zero-order valence-corrected chi connectivity index (χ0v) is 29.0. The van der Waals surface area contributed by atoms with E-state index in [9.17, 15) is 4.79 Å². The van der Waals surface area contributed by atoms with Crippen LogP contribution in [0.5, 0.6) is 5.75 Å². The molecule has 0 aliphatic carbocycles. The molecule has 0 saturated carbocycles. The van der Waals surface area contributed by atoms with Crippen molar-refractivity contribution in [2.24, 2.45) is 0 Å². The quantitative estimate of drug-likeness (QED) is 0.139. The molecule has 234 valence electrons. The molecule has 0 radical (unpaired) electrons. The third-order valence-corrected chi connectivity index (χ3v) is 9.38. The van der Waals surface area contributed by atoms with Gasteiger partial charge in [0, 0.05) is 30.7 Å². The minimum Gasteiger partial charge on any atom is -0.482 e. The second-order valence-electron chi connectivity index (χ2n) is 10.7. The summed E-state index contributed by atoms with van der Waals surface area (Å²) in [6.45, 7) is 3.73. The van der Waals surface area contributed by atoms with Gasteiger partial charge in [-0.3, -0.25) is 0 Å². The van der Waals surface area contributed by atoms with Crippen molar-refractivity contribution in [3.8, 4) is 28.0 Å². The number of aliphatic carboxylic acids is 1. The number of carboxylic acid groups (broad SMARTS) is 1. The Kier molecular flexibility index (Phi) is 11.4. The van der Waals surface area contributed by atoms with Crippen molar-refractivity contribution in [3.05, 3.63) is 145 Å². The van der Waals surface area contributed by atoms with Crippen LogP contribution in [0.2, 0.25) is 20.1 Å². The molecule has 3 nitrogen and oxygen atoms in total. The van der Waals surface area contributed by atoms with Gasteiger partial charge in [-0.15, -0.1) is 11.8 Å². The van der Waals surface area contributed by atoms with Gasteiger partial charge < -0.3 is 9.84 Å². The first-order valence-electron chi connectivity index (χ1n) is 14.5. The summed E-state index contributed by atoms with van der Waals surface area (Å²) in [6.07, 6.45) is 0.846. The molecule has 0 amide bonds. The van der Waals surface area contributed by atoms with Gasteiger partial charge in [0.15, 0.2) is 6.61 Å². The van der Waals surface area contributed by atoms with Crippen LogP contribution in [0.1, 0.15) is 30.0 Å². The van der Waals surface area contributed by atoms with Crippen molar-refractivity contribution >= 4 is 69.7 Å². The van der Waals surface area contributed by atoms with E-state index in [-0.39, 0.29) is 6.61 Å². The summed E-state index contributed by atoms with van der Waals surface area (Å²) in [5.41, 5.74) is 9.49. The Morgan fingerprint density at radius 1 is 0.674 bits per heavy atom. The molecule has 0 aromatic heterocycles.